The van der Waals surface area contributed by atoms with Gasteiger partial charge in [0.15, 0.2) is 0 Å². The molecule has 130 valence electrons. The Morgan fingerprint density at radius 3 is 2.28 bits per heavy atom. The second-order valence-corrected chi connectivity index (χ2v) is 6.33. The maximum Gasteiger partial charge on any atom is 0.254 e. The topological polar surface area (TPSA) is 56.0 Å². The van der Waals surface area contributed by atoms with Crippen molar-refractivity contribution in [3.8, 4) is 0 Å². The number of carbonyl (C=O) groups excluding carboxylic acids is 1. The molecule has 0 fully saturated rings. The molecule has 0 atom stereocenters. The van der Waals surface area contributed by atoms with Crippen LogP contribution in [-0.4, -0.2) is 30.4 Å². The summed E-state index contributed by atoms with van der Waals surface area (Å²) in [6.45, 7) is 4.90. The highest BCUT2D eigenvalue weighted by molar-refractivity contribution is 5.94. The molecule has 3 aromatic rings. The molecular formula is C19H23N5O. The molecule has 25 heavy (non-hydrogen) atoms. The van der Waals surface area contributed by atoms with E-state index in [-0.39, 0.29) is 5.91 Å². The number of carbonyl (C=O) groups is 1. The first-order valence-corrected chi connectivity index (χ1v) is 8.27. The average Bonchev–Trinajstić information content (AvgIpc) is 3.07. The van der Waals surface area contributed by atoms with Gasteiger partial charge >= 0.3 is 0 Å². The second kappa shape index (κ2) is 6.93. The summed E-state index contributed by atoms with van der Waals surface area (Å²) in [5, 5.41) is 8.88. The third kappa shape index (κ3) is 3.79. The molecule has 3 rings (SSSR count). The fourth-order valence-electron chi connectivity index (χ4n) is 2.88. The number of hydrogen-bond acceptors (Lipinski definition) is 3. The molecule has 0 bridgehead atoms. The van der Waals surface area contributed by atoms with Crippen LogP contribution in [0.4, 0.5) is 0 Å². The Morgan fingerprint density at radius 2 is 1.72 bits per heavy atom. The number of nitrogens with zero attached hydrogens (tertiary/aromatic N) is 5. The van der Waals surface area contributed by atoms with E-state index in [4.69, 9.17) is 0 Å². The van der Waals surface area contributed by atoms with Crippen LogP contribution in [0.2, 0.25) is 0 Å². The Kier molecular flexibility index (Phi) is 4.70. The van der Waals surface area contributed by atoms with Crippen molar-refractivity contribution < 1.29 is 4.79 Å². The van der Waals surface area contributed by atoms with Crippen LogP contribution in [0, 0.1) is 13.8 Å². The molecule has 6 heteroatoms. The molecule has 0 saturated heterocycles. The molecule has 0 aliphatic heterocycles. The van der Waals surface area contributed by atoms with Crippen molar-refractivity contribution in [2.75, 3.05) is 0 Å². The molecule has 2 aromatic heterocycles. The van der Waals surface area contributed by atoms with E-state index in [9.17, 15) is 4.79 Å². The van der Waals surface area contributed by atoms with Crippen molar-refractivity contribution >= 4 is 5.91 Å². The van der Waals surface area contributed by atoms with Crippen LogP contribution in [0.3, 0.4) is 0 Å². The van der Waals surface area contributed by atoms with Gasteiger partial charge in [-0.15, -0.1) is 0 Å². The first kappa shape index (κ1) is 17.0. The number of hydrogen-bond donors (Lipinski definition) is 0. The smallest absolute Gasteiger partial charge is 0.254 e. The molecule has 1 aromatic carbocycles. The Morgan fingerprint density at radius 1 is 1.00 bits per heavy atom. The van der Waals surface area contributed by atoms with Gasteiger partial charge in [0.2, 0.25) is 0 Å². The Hall–Kier alpha value is -2.89. The predicted molar refractivity (Wildman–Crippen MR) is 95.9 cm³/mol. The molecule has 0 radical (unpaired) electrons. The van der Waals surface area contributed by atoms with Crippen LogP contribution in [0.5, 0.6) is 0 Å². The summed E-state index contributed by atoms with van der Waals surface area (Å²) in [5.41, 5.74) is 4.56. The maximum absolute atomic E-state index is 13.0. The minimum atomic E-state index is -0.0113. The number of benzene rings is 1. The van der Waals surface area contributed by atoms with Crippen LogP contribution in [0.1, 0.15) is 33.1 Å². The zero-order valence-electron chi connectivity index (χ0n) is 15.1. The summed E-state index contributed by atoms with van der Waals surface area (Å²) in [6.07, 6.45) is 0. The highest BCUT2D eigenvalue weighted by Crippen LogP contribution is 2.15. The van der Waals surface area contributed by atoms with Crippen LogP contribution < -0.4 is 0 Å². The van der Waals surface area contributed by atoms with E-state index in [1.54, 1.807) is 0 Å². The highest BCUT2D eigenvalue weighted by Gasteiger charge is 2.19. The average molecular weight is 337 g/mol. The molecule has 0 spiro atoms. The summed E-state index contributed by atoms with van der Waals surface area (Å²) >= 11 is 0. The van der Waals surface area contributed by atoms with Crippen LogP contribution in [0.25, 0.3) is 0 Å². The lowest BCUT2D eigenvalue weighted by Gasteiger charge is -2.22. The monoisotopic (exact) mass is 337 g/mol. The molecule has 6 nitrogen and oxygen atoms in total. The van der Waals surface area contributed by atoms with Gasteiger partial charge in [-0.2, -0.15) is 10.2 Å². The van der Waals surface area contributed by atoms with Crippen molar-refractivity contribution in [3.63, 3.8) is 0 Å². The first-order chi connectivity index (χ1) is 11.9. The summed E-state index contributed by atoms with van der Waals surface area (Å²) in [4.78, 5) is 14.8. The lowest BCUT2D eigenvalue weighted by Crippen LogP contribution is -2.31. The molecular weight excluding hydrogens is 314 g/mol. The van der Waals surface area contributed by atoms with Gasteiger partial charge in [-0.05, 0) is 38.1 Å². The number of aryl methyl sites for hydroxylation is 4. The largest absolute Gasteiger partial charge is 0.327 e. The first-order valence-electron chi connectivity index (χ1n) is 8.27. The molecule has 2 heterocycles. The number of aromatic nitrogens is 4. The fourth-order valence-corrected chi connectivity index (χ4v) is 2.88. The third-order valence-electron chi connectivity index (χ3n) is 4.28. The number of rotatable bonds is 5. The normalized spacial score (nSPS) is 10.9. The Bertz CT molecular complexity index is 859. The van der Waals surface area contributed by atoms with Gasteiger partial charge in [-0.1, -0.05) is 18.2 Å². The van der Waals surface area contributed by atoms with E-state index in [0.717, 1.165) is 22.8 Å². The molecule has 0 unspecified atom stereocenters. The SMILES string of the molecule is Cc1cc(CN(Cc2cc(C)n(C)n2)C(=O)c2ccccc2)n(C)n1. The summed E-state index contributed by atoms with van der Waals surface area (Å²) in [7, 11) is 3.81. The second-order valence-electron chi connectivity index (χ2n) is 6.33. The van der Waals surface area contributed by atoms with Gasteiger partial charge < -0.3 is 4.90 Å². The molecule has 0 aliphatic rings. The van der Waals surface area contributed by atoms with E-state index in [2.05, 4.69) is 10.2 Å². The van der Waals surface area contributed by atoms with Crippen LogP contribution in [-0.2, 0) is 27.2 Å². The van der Waals surface area contributed by atoms with Gasteiger partial charge in [-0.25, -0.2) is 0 Å². The minimum Gasteiger partial charge on any atom is -0.327 e. The lowest BCUT2D eigenvalue weighted by atomic mass is 10.2. The highest BCUT2D eigenvalue weighted by atomic mass is 16.2. The Labute approximate surface area is 147 Å². The standard InChI is InChI=1S/C19H23N5O/c1-14-10-18(23(4)20-14)13-24(12-17-11-15(2)22(3)21-17)19(25)16-8-6-5-7-9-16/h5-11H,12-13H2,1-4H3. The quantitative estimate of drug-likeness (QED) is 0.719. The van der Waals surface area contributed by atoms with Crippen molar-refractivity contribution in [2.24, 2.45) is 14.1 Å². The van der Waals surface area contributed by atoms with Crippen molar-refractivity contribution in [1.29, 1.82) is 0 Å². The zero-order chi connectivity index (χ0) is 18.0. The van der Waals surface area contributed by atoms with Gasteiger partial charge in [0.25, 0.3) is 5.91 Å². The third-order valence-corrected chi connectivity index (χ3v) is 4.28. The van der Waals surface area contributed by atoms with E-state index < -0.39 is 0 Å². The predicted octanol–water partition coefficient (Wildman–Crippen LogP) is 2.61. The molecule has 1 amide bonds. The Balaban J connectivity index is 1.89. The van der Waals surface area contributed by atoms with Crippen molar-refractivity contribution in [1.82, 2.24) is 24.5 Å². The van der Waals surface area contributed by atoms with Crippen LogP contribution in [0.15, 0.2) is 42.5 Å². The fraction of sp³-hybridized carbons (Fsp3) is 0.316. The van der Waals surface area contributed by atoms with Crippen molar-refractivity contribution in [3.05, 3.63) is 70.8 Å². The van der Waals surface area contributed by atoms with Gasteiger partial charge in [-0.3, -0.25) is 14.2 Å². The van der Waals surface area contributed by atoms with E-state index >= 15 is 0 Å². The lowest BCUT2D eigenvalue weighted by molar-refractivity contribution is 0.0723. The molecule has 0 saturated carbocycles. The summed E-state index contributed by atoms with van der Waals surface area (Å²) < 4.78 is 3.65. The molecule has 0 aliphatic carbocycles. The molecule has 0 N–H and O–H groups in total. The van der Waals surface area contributed by atoms with E-state index in [1.165, 1.54) is 0 Å². The summed E-state index contributed by atoms with van der Waals surface area (Å²) in [5.74, 6) is -0.0113. The van der Waals surface area contributed by atoms with Gasteiger partial charge in [0.05, 0.1) is 30.2 Å². The van der Waals surface area contributed by atoms with Gasteiger partial charge in [0, 0.05) is 25.4 Å². The minimum absolute atomic E-state index is 0.0113. The zero-order valence-corrected chi connectivity index (χ0v) is 15.1. The van der Waals surface area contributed by atoms with E-state index in [1.807, 2.05) is 84.7 Å². The number of amides is 1. The maximum atomic E-state index is 13.0. The van der Waals surface area contributed by atoms with Crippen molar-refractivity contribution in [2.45, 2.75) is 26.9 Å². The van der Waals surface area contributed by atoms with E-state index in [0.29, 0.717) is 18.7 Å². The van der Waals surface area contributed by atoms with Crippen LogP contribution >= 0.6 is 0 Å². The summed E-state index contributed by atoms with van der Waals surface area (Å²) in [6, 6.07) is 13.4. The van der Waals surface area contributed by atoms with Gasteiger partial charge in [0.1, 0.15) is 0 Å².